The SMILES string of the molecule is Cc1cc(Br)cc(C)c1Nc1nc(Cl)ccc1N. The second-order valence-corrected chi connectivity index (χ2v) is 5.41. The number of nitrogen functional groups attached to an aromatic ring is 1. The van der Waals surface area contributed by atoms with Crippen LogP contribution < -0.4 is 11.1 Å². The Labute approximate surface area is 119 Å². The minimum Gasteiger partial charge on any atom is -0.396 e. The van der Waals surface area contributed by atoms with E-state index in [2.05, 4.69) is 26.2 Å². The van der Waals surface area contributed by atoms with Crippen molar-refractivity contribution in [2.24, 2.45) is 0 Å². The third-order valence-corrected chi connectivity index (χ3v) is 3.30. The fourth-order valence-corrected chi connectivity index (χ4v) is 2.61. The van der Waals surface area contributed by atoms with Gasteiger partial charge in [-0.1, -0.05) is 27.5 Å². The fourth-order valence-electron chi connectivity index (χ4n) is 1.77. The Morgan fingerprint density at radius 2 is 1.83 bits per heavy atom. The lowest BCUT2D eigenvalue weighted by molar-refractivity contribution is 1.28. The Morgan fingerprint density at radius 1 is 1.22 bits per heavy atom. The summed E-state index contributed by atoms with van der Waals surface area (Å²) in [5.74, 6) is 0.580. The topological polar surface area (TPSA) is 50.9 Å². The zero-order valence-corrected chi connectivity index (χ0v) is 12.4. The zero-order chi connectivity index (χ0) is 13.3. The van der Waals surface area contributed by atoms with E-state index < -0.39 is 0 Å². The Balaban J connectivity index is 2.43. The average molecular weight is 327 g/mol. The maximum absolute atomic E-state index is 5.87. The van der Waals surface area contributed by atoms with Crippen molar-refractivity contribution in [3.8, 4) is 0 Å². The van der Waals surface area contributed by atoms with Crippen LogP contribution in [0.3, 0.4) is 0 Å². The predicted molar refractivity (Wildman–Crippen MR) is 80.6 cm³/mol. The van der Waals surface area contributed by atoms with Crippen molar-refractivity contribution >= 4 is 44.7 Å². The molecule has 1 heterocycles. The van der Waals surface area contributed by atoms with Gasteiger partial charge in [0.2, 0.25) is 0 Å². The quantitative estimate of drug-likeness (QED) is 0.802. The number of halogens is 2. The molecule has 0 saturated carbocycles. The lowest BCUT2D eigenvalue weighted by atomic mass is 10.1. The summed E-state index contributed by atoms with van der Waals surface area (Å²) in [5.41, 5.74) is 9.67. The molecule has 0 aliphatic rings. The van der Waals surface area contributed by atoms with Crippen LogP contribution in [0.5, 0.6) is 0 Å². The summed E-state index contributed by atoms with van der Waals surface area (Å²) >= 11 is 9.34. The number of aryl methyl sites for hydroxylation is 2. The number of rotatable bonds is 2. The van der Waals surface area contributed by atoms with E-state index in [1.54, 1.807) is 12.1 Å². The molecule has 3 N–H and O–H groups in total. The van der Waals surface area contributed by atoms with E-state index in [4.69, 9.17) is 17.3 Å². The molecule has 0 atom stereocenters. The second kappa shape index (κ2) is 5.16. The van der Waals surface area contributed by atoms with E-state index in [-0.39, 0.29) is 0 Å². The highest BCUT2D eigenvalue weighted by atomic mass is 79.9. The molecule has 0 bridgehead atoms. The number of anilines is 3. The van der Waals surface area contributed by atoms with Crippen LogP contribution in [0.15, 0.2) is 28.7 Å². The molecule has 1 aromatic carbocycles. The summed E-state index contributed by atoms with van der Waals surface area (Å²) in [6.07, 6.45) is 0. The maximum Gasteiger partial charge on any atom is 0.155 e. The van der Waals surface area contributed by atoms with Crippen LogP contribution >= 0.6 is 27.5 Å². The van der Waals surface area contributed by atoms with Crippen LogP contribution in [0.2, 0.25) is 5.15 Å². The number of hydrogen-bond acceptors (Lipinski definition) is 3. The number of benzene rings is 1. The fraction of sp³-hybridized carbons (Fsp3) is 0.154. The minimum atomic E-state index is 0.416. The Kier molecular flexibility index (Phi) is 3.78. The molecule has 1 aromatic heterocycles. The molecule has 0 amide bonds. The van der Waals surface area contributed by atoms with Gasteiger partial charge in [-0.05, 0) is 49.2 Å². The van der Waals surface area contributed by atoms with Crippen LogP contribution in [-0.4, -0.2) is 4.98 Å². The van der Waals surface area contributed by atoms with Gasteiger partial charge in [0, 0.05) is 10.2 Å². The Hall–Kier alpha value is -1.26. The molecule has 5 heteroatoms. The summed E-state index contributed by atoms with van der Waals surface area (Å²) in [6.45, 7) is 4.06. The number of aromatic nitrogens is 1. The molecule has 0 saturated heterocycles. The highest BCUT2D eigenvalue weighted by molar-refractivity contribution is 9.10. The lowest BCUT2D eigenvalue weighted by Gasteiger charge is -2.14. The smallest absolute Gasteiger partial charge is 0.155 e. The van der Waals surface area contributed by atoms with Gasteiger partial charge in [0.05, 0.1) is 5.69 Å². The molecule has 3 nitrogen and oxygen atoms in total. The first-order chi connectivity index (χ1) is 8.47. The van der Waals surface area contributed by atoms with Gasteiger partial charge in [-0.3, -0.25) is 0 Å². The van der Waals surface area contributed by atoms with E-state index in [1.807, 2.05) is 26.0 Å². The molecule has 18 heavy (non-hydrogen) atoms. The molecule has 0 aliphatic carbocycles. The van der Waals surface area contributed by atoms with Gasteiger partial charge in [0.15, 0.2) is 5.82 Å². The first-order valence-electron chi connectivity index (χ1n) is 5.43. The largest absolute Gasteiger partial charge is 0.396 e. The van der Waals surface area contributed by atoms with Crippen molar-refractivity contribution in [2.45, 2.75) is 13.8 Å². The summed E-state index contributed by atoms with van der Waals surface area (Å²) in [6, 6.07) is 7.48. The first-order valence-corrected chi connectivity index (χ1v) is 6.60. The van der Waals surface area contributed by atoms with Gasteiger partial charge in [-0.25, -0.2) is 4.98 Å². The predicted octanol–water partition coefficient (Wildman–Crippen LogP) is 4.44. The minimum absolute atomic E-state index is 0.416. The normalized spacial score (nSPS) is 10.4. The van der Waals surface area contributed by atoms with Gasteiger partial charge in [-0.2, -0.15) is 0 Å². The van der Waals surface area contributed by atoms with Crippen LogP contribution in [-0.2, 0) is 0 Å². The van der Waals surface area contributed by atoms with Crippen molar-refractivity contribution in [1.82, 2.24) is 4.98 Å². The van der Waals surface area contributed by atoms with Gasteiger partial charge in [0.25, 0.3) is 0 Å². The monoisotopic (exact) mass is 325 g/mol. The molecule has 2 aromatic rings. The number of nitrogens with one attached hydrogen (secondary N) is 1. The van der Waals surface area contributed by atoms with Crippen molar-refractivity contribution in [3.63, 3.8) is 0 Å². The van der Waals surface area contributed by atoms with Gasteiger partial charge >= 0.3 is 0 Å². The van der Waals surface area contributed by atoms with Gasteiger partial charge < -0.3 is 11.1 Å². The third kappa shape index (κ3) is 2.76. The van der Waals surface area contributed by atoms with E-state index in [0.717, 1.165) is 21.3 Å². The summed E-state index contributed by atoms with van der Waals surface area (Å²) < 4.78 is 1.05. The molecule has 0 radical (unpaired) electrons. The van der Waals surface area contributed by atoms with Crippen molar-refractivity contribution in [2.75, 3.05) is 11.1 Å². The van der Waals surface area contributed by atoms with Crippen molar-refractivity contribution in [3.05, 3.63) is 45.0 Å². The summed E-state index contributed by atoms with van der Waals surface area (Å²) in [5, 5.41) is 3.65. The number of nitrogens with two attached hydrogens (primary N) is 1. The Bertz CT molecular complexity index is 576. The number of nitrogens with zero attached hydrogens (tertiary/aromatic N) is 1. The molecule has 0 unspecified atom stereocenters. The van der Waals surface area contributed by atoms with Crippen LogP contribution in [0.4, 0.5) is 17.2 Å². The molecule has 0 spiro atoms. The number of pyridine rings is 1. The molecular formula is C13H13BrClN3. The maximum atomic E-state index is 5.87. The third-order valence-electron chi connectivity index (χ3n) is 2.63. The van der Waals surface area contributed by atoms with Crippen LogP contribution in [0.1, 0.15) is 11.1 Å². The van der Waals surface area contributed by atoms with E-state index in [0.29, 0.717) is 16.7 Å². The standard InChI is InChI=1S/C13H13BrClN3/c1-7-5-9(14)6-8(2)12(7)18-13-10(16)3-4-11(15)17-13/h3-6H,16H2,1-2H3,(H,17,18). The zero-order valence-electron chi connectivity index (χ0n) is 10.1. The van der Waals surface area contributed by atoms with Crippen LogP contribution in [0.25, 0.3) is 0 Å². The lowest BCUT2D eigenvalue weighted by Crippen LogP contribution is -2.02. The van der Waals surface area contributed by atoms with E-state index >= 15 is 0 Å². The first kappa shape index (κ1) is 13.2. The van der Waals surface area contributed by atoms with Gasteiger partial charge in [-0.15, -0.1) is 0 Å². The van der Waals surface area contributed by atoms with E-state index in [9.17, 15) is 0 Å². The molecule has 0 aliphatic heterocycles. The average Bonchev–Trinajstić information content (AvgIpc) is 2.28. The molecule has 2 rings (SSSR count). The van der Waals surface area contributed by atoms with E-state index in [1.165, 1.54) is 0 Å². The van der Waals surface area contributed by atoms with Crippen LogP contribution in [0, 0.1) is 13.8 Å². The highest BCUT2D eigenvalue weighted by Crippen LogP contribution is 2.29. The van der Waals surface area contributed by atoms with Crippen molar-refractivity contribution in [1.29, 1.82) is 0 Å². The number of hydrogen-bond donors (Lipinski definition) is 2. The molecule has 94 valence electrons. The highest BCUT2D eigenvalue weighted by Gasteiger charge is 2.08. The molecular weight excluding hydrogens is 314 g/mol. The van der Waals surface area contributed by atoms with Gasteiger partial charge in [0.1, 0.15) is 5.15 Å². The second-order valence-electron chi connectivity index (χ2n) is 4.11. The Morgan fingerprint density at radius 3 is 2.44 bits per heavy atom. The summed E-state index contributed by atoms with van der Waals surface area (Å²) in [4.78, 5) is 4.19. The summed E-state index contributed by atoms with van der Waals surface area (Å²) in [7, 11) is 0. The molecule has 0 fully saturated rings. The van der Waals surface area contributed by atoms with Crippen molar-refractivity contribution < 1.29 is 0 Å².